The van der Waals surface area contributed by atoms with Crippen LogP contribution >= 0.6 is 0 Å². The number of carbonyl (C=O) groups is 1. The predicted molar refractivity (Wildman–Crippen MR) is 169 cm³/mol. The highest BCUT2D eigenvalue weighted by Gasteiger charge is 2.61. The highest BCUT2D eigenvalue weighted by molar-refractivity contribution is 6.84. The highest BCUT2D eigenvalue weighted by atomic mass is 28.5. The molecule has 246 valence electrons. The summed E-state index contributed by atoms with van der Waals surface area (Å²) in [6, 6.07) is 7.33. The smallest absolute Gasteiger partial charge is 0.407 e. The molecule has 10 nitrogen and oxygen atoms in total. The second-order valence-electron chi connectivity index (χ2n) is 14.0. The third-order valence-corrected chi connectivity index (χ3v) is 18.5. The topological polar surface area (TPSA) is 125 Å². The van der Waals surface area contributed by atoms with Crippen molar-refractivity contribution in [2.45, 2.75) is 141 Å². The zero-order valence-electron chi connectivity index (χ0n) is 27.9. The first kappa shape index (κ1) is 36.0. The van der Waals surface area contributed by atoms with Gasteiger partial charge in [0, 0.05) is 6.54 Å². The maximum atomic E-state index is 11.9. The van der Waals surface area contributed by atoms with E-state index in [0.29, 0.717) is 18.7 Å². The van der Waals surface area contributed by atoms with E-state index in [9.17, 15) is 15.0 Å². The van der Waals surface area contributed by atoms with Crippen molar-refractivity contribution in [3.05, 3.63) is 29.8 Å². The first-order valence-corrected chi connectivity index (χ1v) is 19.6. The van der Waals surface area contributed by atoms with E-state index in [0.717, 1.165) is 5.56 Å². The molecule has 1 aromatic rings. The lowest BCUT2D eigenvalue weighted by Crippen LogP contribution is -2.70. The van der Waals surface area contributed by atoms with Gasteiger partial charge in [-0.25, -0.2) is 4.79 Å². The van der Waals surface area contributed by atoms with Gasteiger partial charge in [-0.1, -0.05) is 67.5 Å². The van der Waals surface area contributed by atoms with Gasteiger partial charge in [0.1, 0.15) is 35.8 Å². The minimum Gasteiger partial charge on any atom is -0.462 e. The molecule has 0 aromatic heterocycles. The van der Waals surface area contributed by atoms with Crippen LogP contribution in [0.25, 0.3) is 0 Å². The minimum atomic E-state index is -2.98. The number of hydrogen-bond acceptors (Lipinski definition) is 9. The molecule has 2 fully saturated rings. The van der Waals surface area contributed by atoms with Crippen molar-refractivity contribution in [2.24, 2.45) is 0 Å². The van der Waals surface area contributed by atoms with Crippen LogP contribution < -0.4 is 10.1 Å². The van der Waals surface area contributed by atoms with Crippen LogP contribution in [-0.4, -0.2) is 82.9 Å². The summed E-state index contributed by atoms with van der Waals surface area (Å²) in [4.78, 5) is 11.9. The van der Waals surface area contributed by atoms with Crippen molar-refractivity contribution >= 4 is 23.2 Å². The van der Waals surface area contributed by atoms with Crippen molar-refractivity contribution < 1.29 is 42.2 Å². The zero-order chi connectivity index (χ0) is 32.3. The molecule has 0 bridgehead atoms. The first-order chi connectivity index (χ1) is 19.9. The molecule has 43 heavy (non-hydrogen) atoms. The summed E-state index contributed by atoms with van der Waals surface area (Å²) in [7, 11) is -5.77. The van der Waals surface area contributed by atoms with Crippen LogP contribution in [0, 0.1) is 0 Å². The third kappa shape index (κ3) is 8.40. The van der Waals surface area contributed by atoms with Crippen LogP contribution in [0.5, 0.6) is 5.75 Å². The summed E-state index contributed by atoms with van der Waals surface area (Å²) in [6.45, 7) is 23.1. The number of aliphatic hydroxyl groups excluding tert-OH is 2. The van der Waals surface area contributed by atoms with E-state index < -0.39 is 59.5 Å². The number of nitrogens with one attached hydrogen (secondary N) is 1. The molecular weight excluding hydrogens is 587 g/mol. The Bertz CT molecular complexity index is 1030. The van der Waals surface area contributed by atoms with Crippen molar-refractivity contribution in [3.8, 4) is 5.75 Å². The summed E-state index contributed by atoms with van der Waals surface area (Å²) < 4.78 is 38.5. The summed E-state index contributed by atoms with van der Waals surface area (Å²) in [6.07, 6.45) is -5.04. The number of ether oxygens (including phenoxy) is 3. The Morgan fingerprint density at radius 3 is 2.00 bits per heavy atom. The van der Waals surface area contributed by atoms with E-state index in [-0.39, 0.29) is 28.8 Å². The molecule has 0 aliphatic carbocycles. The number of carbonyl (C=O) groups excluding carboxylic acids is 1. The third-order valence-electron chi connectivity index (χ3n) is 8.23. The SMILES string of the molecule is CC(C)[Si]1(C(C)C)OC[C@H]2O[C@@H](Oc3ccc(CCNC(=O)OC(C)(C)C)cc3)[C@H](O)[C@@H](O)[C@@H]2O[Si](C(C)C)(C(C)C)O1. The molecule has 0 unspecified atom stereocenters. The van der Waals surface area contributed by atoms with E-state index in [1.807, 2.05) is 32.9 Å². The van der Waals surface area contributed by atoms with Gasteiger partial charge >= 0.3 is 23.2 Å². The zero-order valence-corrected chi connectivity index (χ0v) is 29.9. The molecule has 12 heteroatoms. The largest absolute Gasteiger partial charge is 0.462 e. The van der Waals surface area contributed by atoms with Gasteiger partial charge in [0.15, 0.2) is 0 Å². The summed E-state index contributed by atoms with van der Waals surface area (Å²) >= 11 is 0. The van der Waals surface area contributed by atoms with Gasteiger partial charge in [-0.15, -0.1) is 0 Å². The molecule has 3 N–H and O–H groups in total. The second kappa shape index (κ2) is 14.3. The Morgan fingerprint density at radius 1 is 0.930 bits per heavy atom. The van der Waals surface area contributed by atoms with E-state index >= 15 is 0 Å². The lowest BCUT2D eigenvalue weighted by atomic mass is 9.99. The monoisotopic (exact) mass is 641 g/mol. The maximum absolute atomic E-state index is 11.9. The van der Waals surface area contributed by atoms with Crippen molar-refractivity contribution in [3.63, 3.8) is 0 Å². The Labute approximate surface area is 260 Å². The lowest BCUT2D eigenvalue weighted by Gasteiger charge is -2.54. The molecule has 5 atom stereocenters. The molecule has 1 aromatic carbocycles. The molecule has 3 rings (SSSR count). The van der Waals surface area contributed by atoms with Crippen LogP contribution in [0.3, 0.4) is 0 Å². The highest BCUT2D eigenvalue weighted by Crippen LogP contribution is 2.47. The van der Waals surface area contributed by atoms with Gasteiger partial charge in [0.25, 0.3) is 0 Å². The normalized spacial score (nSPS) is 27.5. The number of aliphatic hydroxyl groups is 2. The average Bonchev–Trinajstić information content (AvgIpc) is 2.88. The van der Waals surface area contributed by atoms with Crippen molar-refractivity contribution in [1.82, 2.24) is 5.32 Å². The summed E-state index contributed by atoms with van der Waals surface area (Å²) in [5.74, 6) is 0.482. The second-order valence-corrected chi connectivity index (χ2v) is 22.9. The van der Waals surface area contributed by atoms with Gasteiger partial charge in [0.2, 0.25) is 6.29 Å². The number of amides is 1. The van der Waals surface area contributed by atoms with Gasteiger partial charge in [-0.05, 0) is 67.1 Å². The summed E-state index contributed by atoms with van der Waals surface area (Å²) in [5.41, 5.74) is 0.933. The Kier molecular flexibility index (Phi) is 11.9. The molecule has 0 radical (unpaired) electrons. The van der Waals surface area contributed by atoms with Crippen molar-refractivity contribution in [2.75, 3.05) is 13.2 Å². The lowest BCUT2D eigenvalue weighted by molar-refractivity contribution is -0.277. The van der Waals surface area contributed by atoms with Gasteiger partial charge < -0.3 is 42.7 Å². The summed E-state index contributed by atoms with van der Waals surface area (Å²) in [5, 5.41) is 25.3. The fourth-order valence-electron chi connectivity index (χ4n) is 5.91. The number of rotatable bonds is 9. The number of alkyl carbamates (subject to hydrolysis) is 1. The van der Waals surface area contributed by atoms with Crippen LogP contribution in [0.2, 0.25) is 22.2 Å². The van der Waals surface area contributed by atoms with Gasteiger partial charge in [-0.3, -0.25) is 0 Å². The van der Waals surface area contributed by atoms with E-state index in [1.165, 1.54) is 0 Å². The standard InChI is InChI=1S/C31H55NO9Si2/c1-19(2)42(20(3)4)36-18-25-28(40-43(41-42,21(5)6)22(7)8)26(33)27(34)29(38-25)37-24-14-12-23(13-15-24)16-17-32-30(35)39-31(9,10)11/h12-15,19-22,25-29,33-34H,16-18H2,1-11H3,(H,32,35)/t25-,26-,27-,28-,29-/m1/s1. The predicted octanol–water partition coefficient (Wildman–Crippen LogP) is 5.54. The minimum absolute atomic E-state index is 0.0791. The molecule has 0 saturated carbocycles. The van der Waals surface area contributed by atoms with E-state index in [1.54, 1.807) is 12.1 Å². The van der Waals surface area contributed by atoms with Gasteiger partial charge in [-0.2, -0.15) is 0 Å². The first-order valence-electron chi connectivity index (χ1n) is 15.7. The van der Waals surface area contributed by atoms with Gasteiger partial charge in [0.05, 0.1) is 6.61 Å². The van der Waals surface area contributed by atoms with E-state index in [2.05, 4.69) is 60.7 Å². The quantitative estimate of drug-likeness (QED) is 0.298. The fraction of sp³-hybridized carbons (Fsp3) is 0.774. The van der Waals surface area contributed by atoms with Crippen LogP contribution in [0.1, 0.15) is 81.7 Å². The number of fused-ring (bicyclic) bond motifs is 1. The molecule has 1 amide bonds. The molecule has 0 spiro atoms. The molecule has 2 heterocycles. The van der Waals surface area contributed by atoms with Crippen molar-refractivity contribution in [1.29, 1.82) is 0 Å². The Morgan fingerprint density at radius 2 is 1.49 bits per heavy atom. The van der Waals surface area contributed by atoms with Crippen LogP contribution in [0.15, 0.2) is 24.3 Å². The molecule has 2 aliphatic rings. The Hall–Kier alpha value is -1.52. The maximum Gasteiger partial charge on any atom is 0.407 e. The molecule has 2 aliphatic heterocycles. The van der Waals surface area contributed by atoms with Crippen LogP contribution in [0.4, 0.5) is 4.79 Å². The van der Waals surface area contributed by atoms with Crippen LogP contribution in [-0.2, 0) is 28.9 Å². The Balaban J connectivity index is 1.76. The average molecular weight is 642 g/mol. The fourth-order valence-corrected chi connectivity index (χ4v) is 17.1. The van der Waals surface area contributed by atoms with E-state index in [4.69, 9.17) is 27.2 Å². The molecular formula is C31H55NO9Si2. The molecule has 2 saturated heterocycles. The number of hydrogen-bond donors (Lipinski definition) is 3. The number of benzene rings is 1.